The van der Waals surface area contributed by atoms with Gasteiger partial charge in [0.1, 0.15) is 0 Å². The largest absolute Gasteiger partial charge is 0.337 e. The van der Waals surface area contributed by atoms with Gasteiger partial charge in [0.05, 0.1) is 23.1 Å². The van der Waals surface area contributed by atoms with Gasteiger partial charge in [0.25, 0.3) is 0 Å². The SMILES string of the molecule is CN1C(=O)C2CC(C)(C(=O)Nc3nc(Cc4ccc(-c5ccncc5)cc4)cs3)C1c1ccccc12. The number of fused-ring (bicyclic) bond motifs is 2. The molecular formula is C29H26N4O2S. The molecule has 2 bridgehead atoms. The van der Waals surface area contributed by atoms with E-state index >= 15 is 0 Å². The van der Waals surface area contributed by atoms with Crippen molar-refractivity contribution in [1.29, 1.82) is 0 Å². The minimum absolute atomic E-state index is 0.0889. The van der Waals surface area contributed by atoms with Crippen LogP contribution in [0, 0.1) is 5.41 Å². The summed E-state index contributed by atoms with van der Waals surface area (Å²) >= 11 is 1.44. The summed E-state index contributed by atoms with van der Waals surface area (Å²) in [7, 11) is 1.81. The van der Waals surface area contributed by atoms with Crippen molar-refractivity contribution in [3.63, 3.8) is 0 Å². The van der Waals surface area contributed by atoms with Crippen LogP contribution in [0.25, 0.3) is 11.1 Å². The zero-order chi connectivity index (χ0) is 24.9. The van der Waals surface area contributed by atoms with E-state index in [0.29, 0.717) is 18.0 Å². The first kappa shape index (κ1) is 22.6. The first-order chi connectivity index (χ1) is 17.4. The summed E-state index contributed by atoms with van der Waals surface area (Å²) in [6, 6.07) is 20.1. The molecule has 7 rings (SSSR count). The van der Waals surface area contributed by atoms with Crippen LogP contribution in [0.4, 0.5) is 5.13 Å². The van der Waals surface area contributed by atoms with Crippen molar-refractivity contribution in [2.75, 3.05) is 12.4 Å². The number of carbonyl (C=O) groups excluding carboxylic acids is 2. The van der Waals surface area contributed by atoms with Crippen molar-refractivity contribution in [3.8, 4) is 11.1 Å². The van der Waals surface area contributed by atoms with E-state index < -0.39 is 5.41 Å². The Morgan fingerprint density at radius 2 is 1.75 bits per heavy atom. The highest BCUT2D eigenvalue weighted by Crippen LogP contribution is 2.56. The third kappa shape index (κ3) is 3.71. The Kier molecular flexibility index (Phi) is 5.45. The van der Waals surface area contributed by atoms with Crippen LogP contribution in [0.15, 0.2) is 78.4 Å². The molecule has 6 nitrogen and oxygen atoms in total. The van der Waals surface area contributed by atoms with E-state index in [2.05, 4.69) is 34.6 Å². The zero-order valence-electron chi connectivity index (χ0n) is 20.1. The average Bonchev–Trinajstić information content (AvgIpc) is 3.34. The normalized spacial score (nSPS) is 22.4. The third-order valence-electron chi connectivity index (χ3n) is 7.57. The average molecular weight is 495 g/mol. The molecule has 2 aromatic heterocycles. The van der Waals surface area contributed by atoms with E-state index in [9.17, 15) is 9.59 Å². The van der Waals surface area contributed by atoms with Crippen LogP contribution in [0.3, 0.4) is 0 Å². The van der Waals surface area contributed by atoms with Gasteiger partial charge in [-0.15, -0.1) is 11.3 Å². The number of thiazole rings is 1. The molecule has 1 fully saturated rings. The van der Waals surface area contributed by atoms with Gasteiger partial charge in [-0.25, -0.2) is 4.98 Å². The van der Waals surface area contributed by atoms with Crippen molar-refractivity contribution in [2.24, 2.45) is 5.41 Å². The quantitative estimate of drug-likeness (QED) is 0.401. The van der Waals surface area contributed by atoms with E-state index in [0.717, 1.165) is 33.5 Å². The minimum Gasteiger partial charge on any atom is -0.337 e. The number of hydrogen-bond donors (Lipinski definition) is 1. The summed E-state index contributed by atoms with van der Waals surface area (Å²) in [4.78, 5) is 37.0. The highest BCUT2D eigenvalue weighted by Gasteiger charge is 2.57. The van der Waals surface area contributed by atoms with Gasteiger partial charge in [-0.3, -0.25) is 14.6 Å². The van der Waals surface area contributed by atoms with E-state index in [1.165, 1.54) is 11.3 Å². The summed E-state index contributed by atoms with van der Waals surface area (Å²) in [6.45, 7) is 1.97. The number of anilines is 1. The Bertz CT molecular complexity index is 1450. The number of hydrogen-bond acceptors (Lipinski definition) is 5. The van der Waals surface area contributed by atoms with Gasteiger partial charge in [-0.05, 0) is 53.3 Å². The number of carbonyl (C=O) groups is 2. The highest BCUT2D eigenvalue weighted by molar-refractivity contribution is 7.13. The highest BCUT2D eigenvalue weighted by atomic mass is 32.1. The van der Waals surface area contributed by atoms with Gasteiger partial charge >= 0.3 is 0 Å². The Morgan fingerprint density at radius 1 is 1.06 bits per heavy atom. The molecule has 3 atom stereocenters. The maximum atomic E-state index is 13.6. The number of nitrogens with one attached hydrogen (secondary N) is 1. The Balaban J connectivity index is 1.17. The topological polar surface area (TPSA) is 75.2 Å². The molecule has 3 unspecified atom stereocenters. The van der Waals surface area contributed by atoms with Crippen LogP contribution in [-0.2, 0) is 16.0 Å². The number of rotatable bonds is 5. The monoisotopic (exact) mass is 494 g/mol. The molecule has 2 aliphatic heterocycles. The second-order valence-electron chi connectivity index (χ2n) is 9.86. The van der Waals surface area contributed by atoms with Crippen LogP contribution >= 0.6 is 11.3 Å². The fourth-order valence-corrected chi connectivity index (χ4v) is 6.47. The molecule has 1 saturated heterocycles. The predicted octanol–water partition coefficient (Wildman–Crippen LogP) is 5.44. The summed E-state index contributed by atoms with van der Waals surface area (Å²) in [5, 5.41) is 5.65. The lowest BCUT2D eigenvalue weighted by atomic mass is 9.60. The molecule has 1 N–H and O–H groups in total. The lowest BCUT2D eigenvalue weighted by molar-refractivity contribution is -0.151. The van der Waals surface area contributed by atoms with Crippen LogP contribution < -0.4 is 5.32 Å². The Labute approximate surface area is 214 Å². The van der Waals surface area contributed by atoms with Gasteiger partial charge in [-0.2, -0.15) is 0 Å². The molecule has 0 saturated carbocycles. The first-order valence-electron chi connectivity index (χ1n) is 12.0. The van der Waals surface area contributed by atoms with Gasteiger partial charge in [-0.1, -0.05) is 48.5 Å². The van der Waals surface area contributed by atoms with Crippen LogP contribution in [0.1, 0.15) is 47.7 Å². The zero-order valence-corrected chi connectivity index (χ0v) is 21.0. The van der Waals surface area contributed by atoms with Gasteiger partial charge in [0.15, 0.2) is 5.13 Å². The van der Waals surface area contributed by atoms with Crippen LogP contribution in [0.5, 0.6) is 0 Å². The summed E-state index contributed by atoms with van der Waals surface area (Å²) < 4.78 is 0. The minimum atomic E-state index is -0.726. The molecule has 7 heteroatoms. The standard InChI is InChI=1S/C29H26N4O2S/c1-29(16-24-22-5-3-4-6-23(22)25(29)33(2)26(24)34)27(35)32-28-31-21(17-36-28)15-18-7-9-19(10-8-18)20-11-13-30-14-12-20/h3-14,17,24-25H,15-16H2,1-2H3,(H,31,32,35). The Hall–Kier alpha value is -3.84. The molecule has 1 aliphatic carbocycles. The number of pyridine rings is 1. The number of likely N-dealkylation sites (N-methyl/N-ethyl adjacent to an activating group) is 1. The molecule has 2 amide bonds. The number of piperidine rings is 1. The third-order valence-corrected chi connectivity index (χ3v) is 8.38. The number of nitrogens with zero attached hydrogens (tertiary/aromatic N) is 3. The van der Waals surface area contributed by atoms with Crippen molar-refractivity contribution in [1.82, 2.24) is 14.9 Å². The van der Waals surface area contributed by atoms with E-state index in [1.54, 1.807) is 17.3 Å². The van der Waals surface area contributed by atoms with Gasteiger partial charge in [0, 0.05) is 31.2 Å². The molecular weight excluding hydrogens is 468 g/mol. The van der Waals surface area contributed by atoms with Crippen molar-refractivity contribution < 1.29 is 9.59 Å². The fraction of sp³-hybridized carbons (Fsp3) is 0.241. The van der Waals surface area contributed by atoms with Gasteiger partial charge in [0.2, 0.25) is 11.8 Å². The maximum Gasteiger partial charge on any atom is 0.234 e. The molecule has 2 aromatic carbocycles. The number of amides is 2. The van der Waals surface area contributed by atoms with Crippen molar-refractivity contribution in [2.45, 2.75) is 31.7 Å². The molecule has 180 valence electrons. The second kappa shape index (κ2) is 8.68. The van der Waals surface area contributed by atoms with Crippen molar-refractivity contribution >= 4 is 28.3 Å². The van der Waals surface area contributed by atoms with E-state index in [4.69, 9.17) is 4.98 Å². The predicted molar refractivity (Wildman–Crippen MR) is 141 cm³/mol. The smallest absolute Gasteiger partial charge is 0.234 e. The molecule has 4 heterocycles. The summed E-state index contributed by atoms with van der Waals surface area (Å²) in [5.41, 5.74) is 5.76. The van der Waals surface area contributed by atoms with Crippen LogP contribution in [-0.4, -0.2) is 33.7 Å². The lowest BCUT2D eigenvalue weighted by Gasteiger charge is -2.53. The Morgan fingerprint density at radius 3 is 2.50 bits per heavy atom. The molecule has 0 spiro atoms. The number of aromatic nitrogens is 2. The number of benzene rings is 2. The summed E-state index contributed by atoms with van der Waals surface area (Å²) in [6.07, 6.45) is 4.78. The molecule has 3 aliphatic rings. The van der Waals surface area contributed by atoms with Crippen LogP contribution in [0.2, 0.25) is 0 Å². The molecule has 0 radical (unpaired) electrons. The summed E-state index contributed by atoms with van der Waals surface area (Å²) in [5.74, 6) is -0.279. The van der Waals surface area contributed by atoms with E-state index in [1.807, 2.05) is 55.7 Å². The van der Waals surface area contributed by atoms with Gasteiger partial charge < -0.3 is 10.2 Å². The maximum absolute atomic E-state index is 13.6. The fourth-order valence-electron chi connectivity index (χ4n) is 5.77. The second-order valence-corrected chi connectivity index (χ2v) is 10.7. The lowest BCUT2D eigenvalue weighted by Crippen LogP contribution is -2.57. The molecule has 36 heavy (non-hydrogen) atoms. The first-order valence-corrected chi connectivity index (χ1v) is 12.9. The van der Waals surface area contributed by atoms with E-state index in [-0.39, 0.29) is 23.8 Å². The van der Waals surface area contributed by atoms with Crippen molar-refractivity contribution in [3.05, 3.63) is 101 Å². The molecule has 4 aromatic rings.